The molecule has 5 nitrogen and oxygen atoms in total. The summed E-state index contributed by atoms with van der Waals surface area (Å²) in [6, 6.07) is 9.24. The van der Waals surface area contributed by atoms with Crippen molar-refractivity contribution in [3.05, 3.63) is 53.9 Å². The van der Waals surface area contributed by atoms with Gasteiger partial charge in [-0.3, -0.25) is 9.78 Å². The first-order valence-corrected chi connectivity index (χ1v) is 7.79. The van der Waals surface area contributed by atoms with Crippen LogP contribution in [0.3, 0.4) is 0 Å². The quantitative estimate of drug-likeness (QED) is 0.921. The van der Waals surface area contributed by atoms with Crippen LogP contribution in [0.15, 0.2) is 42.7 Å². The van der Waals surface area contributed by atoms with Gasteiger partial charge < -0.3 is 14.8 Å². The molecule has 1 atom stereocenters. The van der Waals surface area contributed by atoms with Gasteiger partial charge in [-0.15, -0.1) is 0 Å². The summed E-state index contributed by atoms with van der Waals surface area (Å²) in [7, 11) is 0. The van der Waals surface area contributed by atoms with E-state index in [1.807, 2.05) is 37.3 Å². The number of aryl methyl sites for hydroxylation is 1. The van der Waals surface area contributed by atoms with E-state index in [2.05, 4.69) is 10.3 Å². The van der Waals surface area contributed by atoms with E-state index < -0.39 is 0 Å². The molecule has 120 valence electrons. The van der Waals surface area contributed by atoms with E-state index in [1.165, 1.54) is 0 Å². The molecule has 0 bridgehead atoms. The van der Waals surface area contributed by atoms with Crippen LogP contribution in [0.25, 0.3) is 0 Å². The van der Waals surface area contributed by atoms with E-state index in [-0.39, 0.29) is 12.0 Å². The fourth-order valence-corrected chi connectivity index (χ4v) is 2.55. The summed E-state index contributed by atoms with van der Waals surface area (Å²) in [5, 5.41) is 2.90. The van der Waals surface area contributed by atoms with Crippen LogP contribution in [0, 0.1) is 6.92 Å². The zero-order valence-electron chi connectivity index (χ0n) is 13.1. The Balaban J connectivity index is 1.70. The molecule has 5 heteroatoms. The predicted molar refractivity (Wildman–Crippen MR) is 87.8 cm³/mol. The van der Waals surface area contributed by atoms with Crippen LogP contribution >= 0.6 is 0 Å². The number of hydrogen-bond acceptors (Lipinski definition) is 4. The minimum absolute atomic E-state index is 0.138. The average molecular weight is 312 g/mol. The van der Waals surface area contributed by atoms with Gasteiger partial charge in [0.15, 0.2) is 0 Å². The van der Waals surface area contributed by atoms with Crippen LogP contribution < -0.4 is 10.1 Å². The fraction of sp³-hybridized carbons (Fsp3) is 0.333. The Morgan fingerprint density at radius 1 is 1.39 bits per heavy atom. The molecule has 1 saturated heterocycles. The third-order valence-electron chi connectivity index (χ3n) is 3.87. The first kappa shape index (κ1) is 15.5. The normalized spacial score (nSPS) is 17.0. The lowest BCUT2D eigenvalue weighted by Crippen LogP contribution is -2.18. The van der Waals surface area contributed by atoms with Crippen molar-refractivity contribution in [1.82, 2.24) is 4.98 Å². The lowest BCUT2D eigenvalue weighted by molar-refractivity contribution is 0.0682. The smallest absolute Gasteiger partial charge is 0.257 e. The number of para-hydroxylation sites is 2. The number of carbonyl (C=O) groups is 1. The van der Waals surface area contributed by atoms with Gasteiger partial charge in [-0.25, -0.2) is 0 Å². The van der Waals surface area contributed by atoms with E-state index in [1.54, 1.807) is 12.4 Å². The van der Waals surface area contributed by atoms with Crippen molar-refractivity contribution in [2.24, 2.45) is 0 Å². The van der Waals surface area contributed by atoms with Crippen molar-refractivity contribution >= 4 is 11.6 Å². The van der Waals surface area contributed by atoms with Crippen molar-refractivity contribution < 1.29 is 14.3 Å². The number of carbonyl (C=O) groups excluding carboxylic acids is 1. The summed E-state index contributed by atoms with van der Waals surface area (Å²) in [5.41, 5.74) is 2.09. The van der Waals surface area contributed by atoms with Gasteiger partial charge in [0.2, 0.25) is 0 Å². The summed E-state index contributed by atoms with van der Waals surface area (Å²) in [6.07, 6.45) is 5.47. The number of ether oxygens (including phenoxy) is 2. The van der Waals surface area contributed by atoms with Crippen LogP contribution in [0.4, 0.5) is 5.69 Å². The van der Waals surface area contributed by atoms with Crippen LogP contribution in [-0.2, 0) is 4.74 Å². The maximum absolute atomic E-state index is 12.4. The monoisotopic (exact) mass is 312 g/mol. The molecule has 1 aromatic carbocycles. The van der Waals surface area contributed by atoms with Gasteiger partial charge in [0, 0.05) is 19.0 Å². The molecular weight excluding hydrogens is 292 g/mol. The van der Waals surface area contributed by atoms with E-state index in [0.29, 0.717) is 23.6 Å². The van der Waals surface area contributed by atoms with Crippen LogP contribution in [-0.4, -0.2) is 30.2 Å². The molecule has 0 aliphatic carbocycles. The van der Waals surface area contributed by atoms with Gasteiger partial charge in [-0.1, -0.05) is 12.1 Å². The minimum Gasteiger partial charge on any atom is -0.489 e. The third kappa shape index (κ3) is 3.87. The summed E-state index contributed by atoms with van der Waals surface area (Å²) >= 11 is 0. The molecule has 1 unspecified atom stereocenters. The number of aromatic nitrogens is 1. The summed E-state index contributed by atoms with van der Waals surface area (Å²) in [6.45, 7) is 3.18. The Bertz CT molecular complexity index is 681. The molecule has 1 aliphatic rings. The van der Waals surface area contributed by atoms with Gasteiger partial charge in [0.1, 0.15) is 12.4 Å². The Labute approximate surface area is 135 Å². The van der Waals surface area contributed by atoms with Crippen LogP contribution in [0.2, 0.25) is 0 Å². The maximum atomic E-state index is 12.4. The van der Waals surface area contributed by atoms with Crippen LogP contribution in [0.1, 0.15) is 28.8 Å². The predicted octanol–water partition coefficient (Wildman–Crippen LogP) is 3.20. The molecular formula is C18H20N2O3. The van der Waals surface area contributed by atoms with Gasteiger partial charge >= 0.3 is 0 Å². The molecule has 2 aromatic rings. The molecule has 3 rings (SSSR count). The molecule has 23 heavy (non-hydrogen) atoms. The van der Waals surface area contributed by atoms with Crippen molar-refractivity contribution in [3.63, 3.8) is 0 Å². The average Bonchev–Trinajstić information content (AvgIpc) is 3.08. The summed E-state index contributed by atoms with van der Waals surface area (Å²) in [5.74, 6) is 0.460. The van der Waals surface area contributed by atoms with E-state index in [4.69, 9.17) is 9.47 Å². The fourth-order valence-electron chi connectivity index (χ4n) is 2.55. The highest BCUT2D eigenvalue weighted by Crippen LogP contribution is 2.25. The first-order valence-electron chi connectivity index (χ1n) is 7.79. The Kier molecular flexibility index (Phi) is 4.88. The number of nitrogens with zero attached hydrogens (tertiary/aromatic N) is 1. The number of nitrogens with one attached hydrogen (secondary N) is 1. The van der Waals surface area contributed by atoms with Crippen LogP contribution in [0.5, 0.6) is 5.75 Å². The zero-order chi connectivity index (χ0) is 16.1. The van der Waals surface area contributed by atoms with Gasteiger partial charge in [0.05, 0.1) is 17.4 Å². The van der Waals surface area contributed by atoms with E-state index >= 15 is 0 Å². The highest BCUT2D eigenvalue weighted by Gasteiger charge is 2.17. The number of rotatable bonds is 5. The molecule has 2 heterocycles. The van der Waals surface area contributed by atoms with Gasteiger partial charge in [-0.05, 0) is 43.5 Å². The molecule has 0 saturated carbocycles. The van der Waals surface area contributed by atoms with Crippen molar-refractivity contribution in [2.75, 3.05) is 18.5 Å². The van der Waals surface area contributed by atoms with Crippen molar-refractivity contribution in [2.45, 2.75) is 25.9 Å². The van der Waals surface area contributed by atoms with E-state index in [9.17, 15) is 4.79 Å². The standard InChI is InChI=1S/C18H20N2O3/c1-13-8-9-19-11-15(13)18(21)20-16-6-2-3-7-17(16)23-12-14-5-4-10-22-14/h2-3,6-9,11,14H,4-5,10,12H2,1H3,(H,20,21). The number of benzene rings is 1. The lowest BCUT2D eigenvalue weighted by Gasteiger charge is -2.15. The number of pyridine rings is 1. The van der Waals surface area contributed by atoms with Crippen molar-refractivity contribution in [3.8, 4) is 5.75 Å². The SMILES string of the molecule is Cc1ccncc1C(=O)Nc1ccccc1OCC1CCCO1. The Hall–Kier alpha value is -2.40. The second kappa shape index (κ2) is 7.24. The van der Waals surface area contributed by atoms with Gasteiger partial charge in [0.25, 0.3) is 5.91 Å². The maximum Gasteiger partial charge on any atom is 0.257 e. The zero-order valence-corrected chi connectivity index (χ0v) is 13.1. The largest absolute Gasteiger partial charge is 0.489 e. The second-order valence-corrected chi connectivity index (χ2v) is 5.59. The molecule has 1 aromatic heterocycles. The Morgan fingerprint density at radius 3 is 3.04 bits per heavy atom. The third-order valence-corrected chi connectivity index (χ3v) is 3.87. The van der Waals surface area contributed by atoms with Gasteiger partial charge in [-0.2, -0.15) is 0 Å². The highest BCUT2D eigenvalue weighted by molar-refractivity contribution is 6.05. The molecule has 0 radical (unpaired) electrons. The number of anilines is 1. The lowest BCUT2D eigenvalue weighted by atomic mass is 10.1. The topological polar surface area (TPSA) is 60.5 Å². The minimum atomic E-state index is -0.191. The van der Waals surface area contributed by atoms with Crippen molar-refractivity contribution in [1.29, 1.82) is 0 Å². The summed E-state index contributed by atoms with van der Waals surface area (Å²) < 4.78 is 11.4. The first-order chi connectivity index (χ1) is 11.2. The highest BCUT2D eigenvalue weighted by atomic mass is 16.5. The molecule has 0 spiro atoms. The van der Waals surface area contributed by atoms with E-state index in [0.717, 1.165) is 25.0 Å². The molecule has 1 fully saturated rings. The summed E-state index contributed by atoms with van der Waals surface area (Å²) in [4.78, 5) is 16.4. The molecule has 1 aliphatic heterocycles. The molecule has 1 amide bonds. The number of amides is 1. The number of hydrogen-bond donors (Lipinski definition) is 1. The Morgan fingerprint density at radius 2 is 2.26 bits per heavy atom. The molecule has 1 N–H and O–H groups in total. The second-order valence-electron chi connectivity index (χ2n) is 5.59.